The molecule has 0 spiro atoms. The van der Waals surface area contributed by atoms with Gasteiger partial charge in [0.15, 0.2) is 0 Å². The number of anilines is 1. The molecule has 1 saturated carbocycles. The van der Waals surface area contributed by atoms with Crippen molar-refractivity contribution in [3.63, 3.8) is 0 Å². The van der Waals surface area contributed by atoms with Crippen molar-refractivity contribution in [2.75, 3.05) is 18.5 Å². The minimum Gasteiger partial charge on any atom is -0.461 e. The molecule has 1 aliphatic rings. The molecule has 0 bridgehead atoms. The molecule has 5 heteroatoms. The first-order valence-corrected chi connectivity index (χ1v) is 10.8. The van der Waals surface area contributed by atoms with Crippen LogP contribution in [-0.4, -0.2) is 31.5 Å². The number of nitrogens with zero attached hydrogens (tertiary/aromatic N) is 2. The Labute approximate surface area is 175 Å². The number of aliphatic imine (C=N–C) groups is 1. The van der Waals surface area contributed by atoms with Gasteiger partial charge >= 0.3 is 5.97 Å². The second kappa shape index (κ2) is 10.3. The molecular weight excluding hydrogens is 372 g/mol. The Morgan fingerprint density at radius 3 is 2.68 bits per heavy atom. The Morgan fingerprint density at radius 2 is 2.07 bits per heavy atom. The normalized spacial score (nSPS) is 23.0. The van der Waals surface area contributed by atoms with Crippen LogP contribution in [0.4, 0.5) is 5.69 Å². The fourth-order valence-corrected chi connectivity index (χ4v) is 4.41. The third-order valence-corrected chi connectivity index (χ3v) is 6.11. The summed E-state index contributed by atoms with van der Waals surface area (Å²) in [4.78, 5) is 19.3. The maximum Gasteiger partial charge on any atom is 0.326 e. The summed E-state index contributed by atoms with van der Waals surface area (Å²) in [7, 11) is 1.76. The molecule has 0 N–H and O–H groups in total. The van der Waals surface area contributed by atoms with E-state index in [0.29, 0.717) is 22.8 Å². The van der Waals surface area contributed by atoms with Crippen LogP contribution >= 0.6 is 11.6 Å². The van der Waals surface area contributed by atoms with E-state index in [1.807, 2.05) is 36.9 Å². The average Bonchev–Trinajstić information content (AvgIpc) is 2.63. The van der Waals surface area contributed by atoms with Crippen molar-refractivity contribution in [1.29, 1.82) is 0 Å². The van der Waals surface area contributed by atoms with Crippen molar-refractivity contribution in [3.05, 3.63) is 28.8 Å². The van der Waals surface area contributed by atoms with Crippen molar-refractivity contribution < 1.29 is 9.53 Å². The average molecular weight is 407 g/mol. The fraction of sp³-hybridized carbons (Fsp3) is 0.652. The van der Waals surface area contributed by atoms with Gasteiger partial charge in [0.05, 0.1) is 0 Å². The molecule has 0 amide bonds. The molecule has 1 aromatic rings. The van der Waals surface area contributed by atoms with Crippen LogP contribution in [0.25, 0.3) is 0 Å². The fourth-order valence-electron chi connectivity index (χ4n) is 4.24. The summed E-state index contributed by atoms with van der Waals surface area (Å²) >= 11 is 6.23. The van der Waals surface area contributed by atoms with Gasteiger partial charge in [0.2, 0.25) is 0 Å². The van der Waals surface area contributed by atoms with Crippen LogP contribution in [0.2, 0.25) is 5.02 Å². The van der Waals surface area contributed by atoms with Gasteiger partial charge in [-0.3, -0.25) is 9.79 Å². The van der Waals surface area contributed by atoms with E-state index in [0.717, 1.165) is 36.3 Å². The second-order valence-corrected chi connectivity index (χ2v) is 8.80. The highest BCUT2D eigenvalue weighted by atomic mass is 35.5. The third kappa shape index (κ3) is 5.73. The van der Waals surface area contributed by atoms with Crippen molar-refractivity contribution in [1.82, 2.24) is 0 Å². The molecule has 2 rings (SSSR count). The van der Waals surface area contributed by atoms with Crippen LogP contribution in [0.1, 0.15) is 58.9 Å². The highest BCUT2D eigenvalue weighted by Gasteiger charge is 2.34. The van der Waals surface area contributed by atoms with Gasteiger partial charge in [-0.05, 0) is 55.2 Å². The lowest BCUT2D eigenvalue weighted by atomic mass is 9.75. The van der Waals surface area contributed by atoms with Crippen LogP contribution in [0.5, 0.6) is 0 Å². The molecule has 0 aromatic heterocycles. The zero-order valence-corrected chi connectivity index (χ0v) is 18.9. The maximum absolute atomic E-state index is 13.0. The molecule has 1 aliphatic carbocycles. The number of hydrogen-bond acceptors (Lipinski definition) is 3. The number of hydrogen-bond donors (Lipinski definition) is 0. The molecule has 3 atom stereocenters. The molecule has 0 unspecified atom stereocenters. The molecule has 0 saturated heterocycles. The summed E-state index contributed by atoms with van der Waals surface area (Å²) in [6, 6.07) is 5.73. The lowest BCUT2D eigenvalue weighted by Gasteiger charge is -2.37. The van der Waals surface area contributed by atoms with E-state index in [9.17, 15) is 4.79 Å². The van der Waals surface area contributed by atoms with E-state index in [4.69, 9.17) is 16.3 Å². The zero-order valence-electron chi connectivity index (χ0n) is 18.2. The number of benzene rings is 1. The van der Waals surface area contributed by atoms with Gasteiger partial charge in [-0.15, -0.1) is 0 Å². The smallest absolute Gasteiger partial charge is 0.326 e. The Kier molecular flexibility index (Phi) is 8.36. The summed E-state index contributed by atoms with van der Waals surface area (Å²) in [5.74, 6) is 2.20. The summed E-state index contributed by atoms with van der Waals surface area (Å²) in [6.07, 6.45) is 4.03. The van der Waals surface area contributed by atoms with Crippen molar-refractivity contribution in [2.24, 2.45) is 22.7 Å². The minimum absolute atomic E-state index is 0.00204. The van der Waals surface area contributed by atoms with E-state index in [-0.39, 0.29) is 18.6 Å². The Morgan fingerprint density at radius 1 is 1.36 bits per heavy atom. The lowest BCUT2D eigenvalue weighted by molar-refractivity contribution is -0.154. The highest BCUT2D eigenvalue weighted by molar-refractivity contribution is 6.31. The van der Waals surface area contributed by atoms with Gasteiger partial charge in [0.1, 0.15) is 18.5 Å². The number of rotatable bonds is 6. The third-order valence-electron chi connectivity index (χ3n) is 5.88. The molecule has 0 heterocycles. The molecule has 1 fully saturated rings. The predicted octanol–water partition coefficient (Wildman–Crippen LogP) is 5.90. The van der Waals surface area contributed by atoms with Gasteiger partial charge in [0, 0.05) is 24.2 Å². The van der Waals surface area contributed by atoms with Crippen LogP contribution in [0, 0.1) is 24.7 Å². The summed E-state index contributed by atoms with van der Waals surface area (Å²) in [6.45, 7) is 10.9. The first-order valence-electron chi connectivity index (χ1n) is 10.5. The van der Waals surface area contributed by atoms with Crippen LogP contribution in [-0.2, 0) is 9.53 Å². The number of esters is 1. The van der Waals surface area contributed by atoms with E-state index in [1.165, 1.54) is 6.42 Å². The Balaban J connectivity index is 2.21. The number of ether oxygens (including phenoxy) is 1. The van der Waals surface area contributed by atoms with Crippen molar-refractivity contribution in [3.8, 4) is 0 Å². The number of halogens is 1. The second-order valence-electron chi connectivity index (χ2n) is 8.36. The molecule has 0 aliphatic heterocycles. The topological polar surface area (TPSA) is 41.9 Å². The SMILES string of the molecule is CC/C(=N\C)N(CC(=O)O[C@@H]1C[C@H](C)CC[C@H]1C(C)C)c1cc(Cl)ccc1C. The summed E-state index contributed by atoms with van der Waals surface area (Å²) in [5, 5.41) is 0.645. The predicted molar refractivity (Wildman–Crippen MR) is 118 cm³/mol. The molecular formula is C23H35ClN2O2. The first kappa shape index (κ1) is 22.7. The van der Waals surface area contributed by atoms with Gasteiger partial charge in [-0.25, -0.2) is 0 Å². The van der Waals surface area contributed by atoms with Crippen molar-refractivity contribution >= 4 is 29.1 Å². The molecule has 1 aromatic carbocycles. The van der Waals surface area contributed by atoms with Crippen LogP contribution < -0.4 is 4.90 Å². The number of carbonyl (C=O) groups excluding carboxylic acids is 1. The number of carbonyl (C=O) groups is 1. The Hall–Kier alpha value is -1.55. The van der Waals surface area contributed by atoms with E-state index in [2.05, 4.69) is 25.8 Å². The van der Waals surface area contributed by atoms with Crippen LogP contribution in [0.15, 0.2) is 23.2 Å². The highest BCUT2D eigenvalue weighted by Crippen LogP contribution is 2.35. The first-order chi connectivity index (χ1) is 13.3. The minimum atomic E-state index is -0.196. The van der Waals surface area contributed by atoms with Gasteiger partial charge in [-0.1, -0.05) is 51.8 Å². The standard InChI is InChI=1S/C23H35ClN2O2/c1-7-22(25-6)26(20-13-18(24)10-9-17(20)5)14-23(27)28-21-12-16(4)8-11-19(21)15(2)3/h9-10,13,15-16,19,21H,7-8,11-12,14H2,1-6H3/b25-22+/t16-,19+,21-/m1/s1. The summed E-state index contributed by atoms with van der Waals surface area (Å²) < 4.78 is 6.03. The largest absolute Gasteiger partial charge is 0.461 e. The summed E-state index contributed by atoms with van der Waals surface area (Å²) in [5.41, 5.74) is 1.96. The van der Waals surface area contributed by atoms with Gasteiger partial charge < -0.3 is 9.64 Å². The number of amidine groups is 1. The van der Waals surface area contributed by atoms with E-state index < -0.39 is 0 Å². The van der Waals surface area contributed by atoms with Gasteiger partial charge in [0.25, 0.3) is 0 Å². The van der Waals surface area contributed by atoms with E-state index in [1.54, 1.807) is 7.05 Å². The molecule has 0 radical (unpaired) electrons. The molecule has 28 heavy (non-hydrogen) atoms. The zero-order chi connectivity index (χ0) is 20.8. The van der Waals surface area contributed by atoms with Crippen molar-refractivity contribution in [2.45, 2.75) is 66.4 Å². The maximum atomic E-state index is 13.0. The molecule has 4 nitrogen and oxygen atoms in total. The number of aryl methyl sites for hydroxylation is 1. The monoisotopic (exact) mass is 406 g/mol. The quantitative estimate of drug-likeness (QED) is 0.335. The lowest BCUT2D eigenvalue weighted by Crippen LogP contribution is -2.41. The van der Waals surface area contributed by atoms with Crippen LogP contribution in [0.3, 0.4) is 0 Å². The van der Waals surface area contributed by atoms with Gasteiger partial charge in [-0.2, -0.15) is 0 Å². The molecule has 156 valence electrons. The Bertz CT molecular complexity index is 702. The van der Waals surface area contributed by atoms with E-state index >= 15 is 0 Å².